The van der Waals surface area contributed by atoms with E-state index in [9.17, 15) is 13.2 Å². The van der Waals surface area contributed by atoms with Crippen molar-refractivity contribution in [2.75, 3.05) is 31.2 Å². The predicted octanol–water partition coefficient (Wildman–Crippen LogP) is -1.02. The van der Waals surface area contributed by atoms with Gasteiger partial charge < -0.3 is 15.7 Å². The summed E-state index contributed by atoms with van der Waals surface area (Å²) < 4.78 is 22.9. The molecule has 1 fully saturated rings. The number of hydrogen-bond donors (Lipinski definition) is 2. The van der Waals surface area contributed by atoms with Crippen molar-refractivity contribution < 1.29 is 18.3 Å². The summed E-state index contributed by atoms with van der Waals surface area (Å²) in [5.74, 6) is -0.101. The maximum Gasteiger partial charge on any atom is 0.229 e. The molecule has 1 aliphatic rings. The van der Waals surface area contributed by atoms with E-state index in [1.807, 2.05) is 0 Å². The van der Waals surface area contributed by atoms with Gasteiger partial charge in [0.25, 0.3) is 0 Å². The maximum atomic E-state index is 12.3. The van der Waals surface area contributed by atoms with Crippen LogP contribution in [0.1, 0.15) is 20.3 Å². The van der Waals surface area contributed by atoms with Gasteiger partial charge in [-0.2, -0.15) is 0 Å². The van der Waals surface area contributed by atoms with E-state index in [4.69, 9.17) is 10.8 Å². The highest BCUT2D eigenvalue weighted by Crippen LogP contribution is 2.24. The summed E-state index contributed by atoms with van der Waals surface area (Å²) in [6, 6.07) is -0.333. The van der Waals surface area contributed by atoms with Crippen molar-refractivity contribution >= 4 is 15.7 Å². The lowest BCUT2D eigenvalue weighted by atomic mass is 9.91. The molecule has 0 aromatic heterocycles. The number of carbonyl (C=O) groups excluding carboxylic acids is 1. The maximum absolute atomic E-state index is 12.3. The van der Waals surface area contributed by atoms with Crippen molar-refractivity contribution in [3.63, 3.8) is 0 Å². The van der Waals surface area contributed by atoms with E-state index in [-0.39, 0.29) is 43.2 Å². The van der Waals surface area contributed by atoms with Crippen LogP contribution in [0.4, 0.5) is 0 Å². The molecule has 0 aromatic rings. The van der Waals surface area contributed by atoms with Crippen LogP contribution in [0.3, 0.4) is 0 Å². The Morgan fingerprint density at radius 2 is 2.11 bits per heavy atom. The van der Waals surface area contributed by atoms with E-state index < -0.39 is 15.3 Å². The lowest BCUT2D eigenvalue weighted by molar-refractivity contribution is -0.142. The molecular weight excluding hydrogens is 256 g/mol. The fourth-order valence-electron chi connectivity index (χ4n) is 2.05. The first-order chi connectivity index (χ1) is 8.23. The zero-order valence-corrected chi connectivity index (χ0v) is 11.7. The van der Waals surface area contributed by atoms with Gasteiger partial charge in [0, 0.05) is 19.1 Å². The number of nitrogens with two attached hydrogens (primary N) is 1. The van der Waals surface area contributed by atoms with Crippen LogP contribution in [0.25, 0.3) is 0 Å². The fraction of sp³-hybridized carbons (Fsp3) is 0.909. The minimum atomic E-state index is -3.05. The number of rotatable bonds is 5. The molecule has 1 amide bonds. The van der Waals surface area contributed by atoms with E-state index in [0.29, 0.717) is 6.42 Å². The molecule has 1 saturated heterocycles. The SMILES string of the molecule is CC(C)(CN)C(=O)N(CCO)C1CCS(=O)(=O)C1. The van der Waals surface area contributed by atoms with Crippen molar-refractivity contribution in [2.24, 2.45) is 11.1 Å². The summed E-state index contributed by atoms with van der Waals surface area (Å²) in [7, 11) is -3.05. The average molecular weight is 278 g/mol. The Labute approximate surface area is 108 Å². The quantitative estimate of drug-likeness (QED) is 0.670. The van der Waals surface area contributed by atoms with E-state index >= 15 is 0 Å². The first kappa shape index (κ1) is 15.4. The molecule has 1 aliphatic heterocycles. The molecule has 0 bridgehead atoms. The van der Waals surface area contributed by atoms with Crippen LogP contribution in [0.5, 0.6) is 0 Å². The standard InChI is InChI=1S/C11H22N2O4S/c1-11(2,8-12)10(15)13(4-5-14)9-3-6-18(16,17)7-9/h9,14H,3-8,12H2,1-2H3. The molecule has 1 unspecified atom stereocenters. The van der Waals surface area contributed by atoms with Gasteiger partial charge in [-0.1, -0.05) is 0 Å². The van der Waals surface area contributed by atoms with Gasteiger partial charge in [0.1, 0.15) is 0 Å². The zero-order chi connectivity index (χ0) is 14.0. The number of aliphatic hydroxyl groups excluding tert-OH is 1. The second-order valence-corrected chi connectivity index (χ2v) is 7.60. The Morgan fingerprint density at radius 1 is 1.50 bits per heavy atom. The van der Waals surface area contributed by atoms with Crippen LogP contribution in [-0.4, -0.2) is 61.6 Å². The molecule has 106 valence electrons. The van der Waals surface area contributed by atoms with Crippen LogP contribution in [0.2, 0.25) is 0 Å². The predicted molar refractivity (Wildman–Crippen MR) is 68.7 cm³/mol. The summed E-state index contributed by atoms with van der Waals surface area (Å²) in [5.41, 5.74) is 4.83. The van der Waals surface area contributed by atoms with Gasteiger partial charge in [-0.25, -0.2) is 8.42 Å². The number of sulfone groups is 1. The summed E-state index contributed by atoms with van der Waals surface area (Å²) in [5, 5.41) is 9.04. The first-order valence-electron chi connectivity index (χ1n) is 6.06. The highest BCUT2D eigenvalue weighted by atomic mass is 32.2. The third-order valence-corrected chi connectivity index (χ3v) is 5.09. The van der Waals surface area contributed by atoms with Crippen LogP contribution < -0.4 is 5.73 Å². The lowest BCUT2D eigenvalue weighted by Crippen LogP contribution is -2.50. The molecule has 7 heteroatoms. The minimum Gasteiger partial charge on any atom is -0.395 e. The highest BCUT2D eigenvalue weighted by molar-refractivity contribution is 7.91. The Kier molecular flexibility index (Phi) is 4.74. The van der Waals surface area contributed by atoms with Gasteiger partial charge in [0.05, 0.1) is 23.5 Å². The Balaban J connectivity index is 2.87. The summed E-state index contributed by atoms with van der Waals surface area (Å²) in [6.45, 7) is 3.62. The fourth-order valence-corrected chi connectivity index (χ4v) is 3.79. The normalized spacial score (nSPS) is 23.0. The third kappa shape index (κ3) is 3.43. The van der Waals surface area contributed by atoms with Crippen LogP contribution in [0, 0.1) is 5.41 Å². The molecule has 1 heterocycles. The zero-order valence-electron chi connectivity index (χ0n) is 10.9. The highest BCUT2D eigenvalue weighted by Gasteiger charge is 2.39. The molecule has 1 rings (SSSR count). The van der Waals surface area contributed by atoms with Gasteiger partial charge in [-0.05, 0) is 20.3 Å². The van der Waals surface area contributed by atoms with Crippen molar-refractivity contribution in [2.45, 2.75) is 26.3 Å². The second-order valence-electron chi connectivity index (χ2n) is 5.37. The van der Waals surface area contributed by atoms with E-state index in [1.54, 1.807) is 13.8 Å². The number of aliphatic hydroxyl groups is 1. The van der Waals surface area contributed by atoms with Gasteiger partial charge in [-0.15, -0.1) is 0 Å². The van der Waals surface area contributed by atoms with Crippen molar-refractivity contribution in [3.8, 4) is 0 Å². The van der Waals surface area contributed by atoms with Gasteiger partial charge >= 0.3 is 0 Å². The molecule has 3 N–H and O–H groups in total. The van der Waals surface area contributed by atoms with Gasteiger partial charge in [-0.3, -0.25) is 4.79 Å². The Bertz CT molecular complexity index is 405. The monoisotopic (exact) mass is 278 g/mol. The van der Waals surface area contributed by atoms with Crippen LogP contribution in [0.15, 0.2) is 0 Å². The molecular formula is C11H22N2O4S. The van der Waals surface area contributed by atoms with E-state index in [1.165, 1.54) is 4.90 Å². The van der Waals surface area contributed by atoms with E-state index in [2.05, 4.69) is 0 Å². The number of hydrogen-bond acceptors (Lipinski definition) is 5. The van der Waals surface area contributed by atoms with E-state index in [0.717, 1.165) is 0 Å². The molecule has 0 aromatic carbocycles. The van der Waals surface area contributed by atoms with Crippen molar-refractivity contribution in [1.29, 1.82) is 0 Å². The van der Waals surface area contributed by atoms with Crippen LogP contribution in [-0.2, 0) is 14.6 Å². The van der Waals surface area contributed by atoms with Crippen molar-refractivity contribution in [1.82, 2.24) is 4.90 Å². The Hall–Kier alpha value is -0.660. The summed E-state index contributed by atoms with van der Waals surface area (Å²) >= 11 is 0. The molecule has 18 heavy (non-hydrogen) atoms. The summed E-state index contributed by atoms with van der Waals surface area (Å²) in [6.07, 6.45) is 0.439. The topological polar surface area (TPSA) is 101 Å². The molecule has 0 spiro atoms. The third-order valence-electron chi connectivity index (χ3n) is 3.34. The molecule has 0 saturated carbocycles. The van der Waals surface area contributed by atoms with Crippen LogP contribution >= 0.6 is 0 Å². The number of carbonyl (C=O) groups is 1. The average Bonchev–Trinajstić information content (AvgIpc) is 2.65. The number of nitrogens with zero attached hydrogens (tertiary/aromatic N) is 1. The largest absolute Gasteiger partial charge is 0.395 e. The minimum absolute atomic E-state index is 0.0145. The first-order valence-corrected chi connectivity index (χ1v) is 7.88. The second kappa shape index (κ2) is 5.54. The molecule has 0 radical (unpaired) electrons. The summed E-state index contributed by atoms with van der Waals surface area (Å²) in [4.78, 5) is 13.8. The molecule has 0 aliphatic carbocycles. The molecule has 1 atom stereocenters. The van der Waals surface area contributed by atoms with Gasteiger partial charge in [0.15, 0.2) is 9.84 Å². The lowest BCUT2D eigenvalue weighted by Gasteiger charge is -2.34. The Morgan fingerprint density at radius 3 is 2.50 bits per heavy atom. The molecule has 6 nitrogen and oxygen atoms in total. The number of amides is 1. The van der Waals surface area contributed by atoms with Crippen molar-refractivity contribution in [3.05, 3.63) is 0 Å². The van der Waals surface area contributed by atoms with Gasteiger partial charge in [0.2, 0.25) is 5.91 Å². The smallest absolute Gasteiger partial charge is 0.229 e.